The summed E-state index contributed by atoms with van der Waals surface area (Å²) in [6, 6.07) is 0. The molecule has 0 heterocycles. The summed E-state index contributed by atoms with van der Waals surface area (Å²) in [5, 5.41) is 19.8. The van der Waals surface area contributed by atoms with Gasteiger partial charge in [0.1, 0.15) is 5.78 Å². The highest BCUT2D eigenvalue weighted by molar-refractivity contribution is 5.83. The van der Waals surface area contributed by atoms with E-state index in [1.807, 2.05) is 20.8 Å². The lowest BCUT2D eigenvalue weighted by molar-refractivity contribution is -0.134. The highest BCUT2D eigenvalue weighted by atomic mass is 16.3. The van der Waals surface area contributed by atoms with Gasteiger partial charge in [-0.05, 0) is 5.92 Å². The van der Waals surface area contributed by atoms with Crippen LogP contribution in [0.3, 0.4) is 0 Å². The van der Waals surface area contributed by atoms with Gasteiger partial charge in [-0.2, -0.15) is 0 Å². The topological polar surface area (TPSA) is 57.5 Å². The van der Waals surface area contributed by atoms with Crippen LogP contribution in [-0.4, -0.2) is 28.2 Å². The van der Waals surface area contributed by atoms with Crippen molar-refractivity contribution in [3.8, 4) is 0 Å². The van der Waals surface area contributed by atoms with Gasteiger partial charge >= 0.3 is 0 Å². The molecule has 0 saturated heterocycles. The number of aliphatic hydroxyl groups is 2. The molecule has 0 aliphatic rings. The summed E-state index contributed by atoms with van der Waals surface area (Å²) < 4.78 is 0. The van der Waals surface area contributed by atoms with Crippen molar-refractivity contribution < 1.29 is 15.0 Å². The summed E-state index contributed by atoms with van der Waals surface area (Å²) in [4.78, 5) is 12.1. The Balaban J connectivity index is 4.64. The Hall–Kier alpha value is -0.670. The molecular formula is C14H26O3. The van der Waals surface area contributed by atoms with Gasteiger partial charge in [0.05, 0.1) is 12.2 Å². The van der Waals surface area contributed by atoms with Crippen molar-refractivity contribution in [3.63, 3.8) is 0 Å². The number of aliphatic hydroxyl groups excluding tert-OH is 2. The summed E-state index contributed by atoms with van der Waals surface area (Å²) in [6.45, 7) is 12.6. The molecule has 0 aromatic rings. The van der Waals surface area contributed by atoms with Crippen LogP contribution in [0.1, 0.15) is 34.6 Å². The fraction of sp³-hybridized carbons (Fsp3) is 0.786. The van der Waals surface area contributed by atoms with Crippen LogP contribution in [0.4, 0.5) is 0 Å². The standard InChI is InChI=1S/C14H26O3/c1-7-9(4)13(16)11(6)14(17)10(5)12(15)8(2)3/h7-13,15-16H,1H2,2-6H3/t9-,10+,11-,12-,13-/m1/s1. The van der Waals surface area contributed by atoms with E-state index < -0.39 is 24.0 Å². The molecule has 17 heavy (non-hydrogen) atoms. The maximum atomic E-state index is 12.1. The van der Waals surface area contributed by atoms with Crippen molar-refractivity contribution in [3.05, 3.63) is 12.7 Å². The first-order valence-corrected chi connectivity index (χ1v) is 6.26. The zero-order chi connectivity index (χ0) is 13.7. The van der Waals surface area contributed by atoms with Crippen molar-refractivity contribution in [2.24, 2.45) is 23.7 Å². The van der Waals surface area contributed by atoms with Crippen LogP contribution >= 0.6 is 0 Å². The van der Waals surface area contributed by atoms with Gasteiger partial charge < -0.3 is 10.2 Å². The number of rotatable bonds is 7. The fourth-order valence-corrected chi connectivity index (χ4v) is 1.92. The third-order valence-electron chi connectivity index (χ3n) is 3.52. The molecule has 3 nitrogen and oxygen atoms in total. The van der Waals surface area contributed by atoms with E-state index in [0.717, 1.165) is 0 Å². The third kappa shape index (κ3) is 4.25. The van der Waals surface area contributed by atoms with E-state index in [1.54, 1.807) is 19.9 Å². The average Bonchev–Trinajstić information content (AvgIpc) is 2.32. The largest absolute Gasteiger partial charge is 0.392 e. The van der Waals surface area contributed by atoms with Crippen LogP contribution in [0.2, 0.25) is 0 Å². The number of hydrogen-bond donors (Lipinski definition) is 2. The lowest BCUT2D eigenvalue weighted by atomic mass is 9.81. The molecule has 100 valence electrons. The highest BCUT2D eigenvalue weighted by Crippen LogP contribution is 2.22. The Kier molecular flexibility index (Phi) is 6.65. The van der Waals surface area contributed by atoms with Crippen LogP contribution in [0.25, 0.3) is 0 Å². The van der Waals surface area contributed by atoms with Gasteiger partial charge in [-0.25, -0.2) is 0 Å². The number of Topliss-reactive ketones (excluding diaryl/α,β-unsaturated/α-hetero) is 1. The Bertz CT molecular complexity index is 260. The maximum Gasteiger partial charge on any atom is 0.143 e. The molecule has 0 radical (unpaired) electrons. The predicted octanol–water partition coefficient (Wildman–Crippen LogP) is 2.03. The molecular weight excluding hydrogens is 216 g/mol. The van der Waals surface area contributed by atoms with Gasteiger partial charge in [-0.1, -0.05) is 40.7 Å². The van der Waals surface area contributed by atoms with E-state index in [-0.39, 0.29) is 17.6 Å². The molecule has 0 amide bonds. The molecule has 3 heteroatoms. The minimum atomic E-state index is -0.734. The van der Waals surface area contributed by atoms with Crippen molar-refractivity contribution in [2.75, 3.05) is 0 Å². The van der Waals surface area contributed by atoms with Crippen molar-refractivity contribution in [1.29, 1.82) is 0 Å². The molecule has 0 aromatic heterocycles. The van der Waals surface area contributed by atoms with Gasteiger partial charge in [0.2, 0.25) is 0 Å². The molecule has 0 unspecified atom stereocenters. The smallest absolute Gasteiger partial charge is 0.143 e. The molecule has 0 fully saturated rings. The molecule has 0 aliphatic carbocycles. The van der Waals surface area contributed by atoms with Gasteiger partial charge in [0.15, 0.2) is 0 Å². The Labute approximate surface area is 105 Å². The number of carbonyl (C=O) groups excluding carboxylic acids is 1. The number of carbonyl (C=O) groups is 1. The molecule has 0 aromatic carbocycles. The molecule has 0 saturated carbocycles. The molecule has 0 rings (SSSR count). The van der Waals surface area contributed by atoms with Crippen molar-refractivity contribution in [2.45, 2.75) is 46.8 Å². The van der Waals surface area contributed by atoms with Gasteiger partial charge in [-0.3, -0.25) is 4.79 Å². The fourth-order valence-electron chi connectivity index (χ4n) is 1.92. The summed E-state index contributed by atoms with van der Waals surface area (Å²) in [7, 11) is 0. The first kappa shape index (κ1) is 16.3. The molecule has 0 bridgehead atoms. The summed E-state index contributed by atoms with van der Waals surface area (Å²) in [5.41, 5.74) is 0. The van der Waals surface area contributed by atoms with Gasteiger partial charge in [0, 0.05) is 17.8 Å². The monoisotopic (exact) mass is 242 g/mol. The second-order valence-electron chi connectivity index (χ2n) is 5.30. The van der Waals surface area contributed by atoms with Crippen LogP contribution in [0.15, 0.2) is 12.7 Å². The van der Waals surface area contributed by atoms with E-state index in [1.165, 1.54) is 0 Å². The Morgan fingerprint density at radius 3 is 1.76 bits per heavy atom. The van der Waals surface area contributed by atoms with E-state index in [2.05, 4.69) is 6.58 Å². The minimum absolute atomic E-state index is 0.0371. The van der Waals surface area contributed by atoms with Gasteiger partial charge in [-0.15, -0.1) is 6.58 Å². The van der Waals surface area contributed by atoms with Crippen LogP contribution in [-0.2, 0) is 4.79 Å². The number of ketones is 1. The van der Waals surface area contributed by atoms with E-state index in [4.69, 9.17) is 0 Å². The summed E-state index contributed by atoms with van der Waals surface area (Å²) >= 11 is 0. The SMILES string of the molecule is C=C[C@@H](C)[C@@H](O)[C@@H](C)C(=O)[C@@H](C)[C@H](O)C(C)C. The molecule has 0 spiro atoms. The molecule has 2 N–H and O–H groups in total. The van der Waals surface area contributed by atoms with Crippen molar-refractivity contribution >= 4 is 5.78 Å². The average molecular weight is 242 g/mol. The molecule has 0 aliphatic heterocycles. The lowest BCUT2D eigenvalue weighted by Gasteiger charge is -2.27. The van der Waals surface area contributed by atoms with E-state index in [0.29, 0.717) is 0 Å². The Morgan fingerprint density at radius 1 is 1.00 bits per heavy atom. The predicted molar refractivity (Wildman–Crippen MR) is 69.5 cm³/mol. The summed E-state index contributed by atoms with van der Waals surface area (Å²) in [5.74, 6) is -1.11. The summed E-state index contributed by atoms with van der Waals surface area (Å²) in [6.07, 6.45) is 0.246. The van der Waals surface area contributed by atoms with E-state index >= 15 is 0 Å². The van der Waals surface area contributed by atoms with Crippen LogP contribution < -0.4 is 0 Å². The zero-order valence-corrected chi connectivity index (χ0v) is 11.6. The second kappa shape index (κ2) is 6.92. The van der Waals surface area contributed by atoms with Crippen molar-refractivity contribution in [1.82, 2.24) is 0 Å². The zero-order valence-electron chi connectivity index (χ0n) is 11.6. The quantitative estimate of drug-likeness (QED) is 0.672. The minimum Gasteiger partial charge on any atom is -0.392 e. The molecule has 5 atom stereocenters. The van der Waals surface area contributed by atoms with Crippen LogP contribution in [0, 0.1) is 23.7 Å². The maximum absolute atomic E-state index is 12.1. The number of hydrogen-bond acceptors (Lipinski definition) is 3. The Morgan fingerprint density at radius 2 is 1.41 bits per heavy atom. The lowest BCUT2D eigenvalue weighted by Crippen LogP contribution is -2.39. The van der Waals surface area contributed by atoms with E-state index in [9.17, 15) is 15.0 Å². The highest BCUT2D eigenvalue weighted by Gasteiger charge is 2.32. The second-order valence-corrected chi connectivity index (χ2v) is 5.30. The third-order valence-corrected chi connectivity index (χ3v) is 3.52. The first-order valence-electron chi connectivity index (χ1n) is 6.26. The van der Waals surface area contributed by atoms with Crippen LogP contribution in [0.5, 0.6) is 0 Å². The first-order chi connectivity index (χ1) is 7.73. The van der Waals surface area contributed by atoms with Gasteiger partial charge in [0.25, 0.3) is 0 Å². The normalized spacial score (nSPS) is 20.5.